The predicted molar refractivity (Wildman–Crippen MR) is 74.6 cm³/mol. The van der Waals surface area contributed by atoms with Gasteiger partial charge in [-0.05, 0) is 18.7 Å². The Morgan fingerprint density at radius 2 is 2.10 bits per heavy atom. The van der Waals surface area contributed by atoms with Gasteiger partial charge in [0.05, 0.1) is 0 Å². The molecule has 0 fully saturated rings. The molecule has 0 aliphatic heterocycles. The van der Waals surface area contributed by atoms with Crippen molar-refractivity contribution in [3.05, 3.63) is 24.5 Å². The number of hydrogen-bond donors (Lipinski definition) is 2. The summed E-state index contributed by atoms with van der Waals surface area (Å²) >= 11 is 1.27. The lowest BCUT2D eigenvalue weighted by molar-refractivity contribution is 0.758. The monoisotopic (exact) mass is 304 g/mol. The Bertz CT molecular complexity index is 749. The Morgan fingerprint density at radius 3 is 2.71 bits per heavy atom. The van der Waals surface area contributed by atoms with Crippen LogP contribution in [0.25, 0.3) is 5.95 Å². The third-order valence-electron chi connectivity index (χ3n) is 2.70. The molecule has 0 spiro atoms. The van der Waals surface area contributed by atoms with E-state index in [1.807, 2.05) is 18.5 Å². The van der Waals surface area contributed by atoms with E-state index >= 15 is 0 Å². The van der Waals surface area contributed by atoms with Gasteiger partial charge in [0.2, 0.25) is 17.1 Å². The van der Waals surface area contributed by atoms with Gasteiger partial charge in [-0.25, -0.2) is 10.8 Å². The molecule has 10 nitrogen and oxygen atoms in total. The second-order valence-electron chi connectivity index (χ2n) is 4.05. The SMILES string of the molecule is Cc1nnc(Sc2nc(NN)nc(-n3ccnc3)n2)n1C. The van der Waals surface area contributed by atoms with Crippen LogP contribution in [0.1, 0.15) is 5.82 Å². The second-order valence-corrected chi connectivity index (χ2v) is 4.98. The second kappa shape index (κ2) is 5.46. The maximum Gasteiger partial charge on any atom is 0.242 e. The van der Waals surface area contributed by atoms with Crippen molar-refractivity contribution in [3.8, 4) is 5.95 Å². The standard InChI is InChI=1S/C10H12N10S/c1-6-17-18-10(19(6)2)21-9-14-7(16-11)13-8(15-9)20-4-3-12-5-20/h3-5H,11H2,1-2H3,(H,13,14,15,16). The van der Waals surface area contributed by atoms with Gasteiger partial charge < -0.3 is 4.57 Å². The molecule has 3 aromatic heterocycles. The average molecular weight is 304 g/mol. The van der Waals surface area contributed by atoms with Crippen LogP contribution in [0, 0.1) is 6.92 Å². The number of aryl methyl sites for hydroxylation is 1. The predicted octanol–water partition coefficient (Wildman–Crippen LogP) is -0.0690. The van der Waals surface area contributed by atoms with Gasteiger partial charge in [-0.2, -0.15) is 15.0 Å². The summed E-state index contributed by atoms with van der Waals surface area (Å²) in [5.41, 5.74) is 2.42. The van der Waals surface area contributed by atoms with Crippen LogP contribution in [0.15, 0.2) is 29.0 Å². The first-order valence-corrected chi connectivity index (χ1v) is 6.74. The molecule has 3 aromatic rings. The zero-order valence-corrected chi connectivity index (χ0v) is 12.1. The van der Waals surface area contributed by atoms with E-state index in [1.54, 1.807) is 23.3 Å². The molecule has 108 valence electrons. The van der Waals surface area contributed by atoms with Gasteiger partial charge in [-0.1, -0.05) is 0 Å². The van der Waals surface area contributed by atoms with Crippen LogP contribution in [0.5, 0.6) is 0 Å². The minimum atomic E-state index is 0.259. The lowest BCUT2D eigenvalue weighted by atomic mass is 10.7. The third kappa shape index (κ3) is 2.68. The van der Waals surface area contributed by atoms with Gasteiger partial charge in [-0.3, -0.25) is 9.99 Å². The lowest BCUT2D eigenvalue weighted by Gasteiger charge is -2.06. The van der Waals surface area contributed by atoms with E-state index in [-0.39, 0.29) is 5.95 Å². The molecule has 0 amide bonds. The topological polar surface area (TPSA) is 125 Å². The van der Waals surface area contributed by atoms with Gasteiger partial charge in [0.25, 0.3) is 0 Å². The molecule has 0 saturated heterocycles. The minimum Gasteiger partial charge on any atom is -0.309 e. The highest BCUT2D eigenvalue weighted by Gasteiger charge is 2.13. The number of hydrazine groups is 1. The van der Waals surface area contributed by atoms with Crippen LogP contribution in [-0.4, -0.2) is 39.3 Å². The smallest absolute Gasteiger partial charge is 0.242 e. The Hall–Kier alpha value is -2.53. The molecule has 0 aliphatic carbocycles. The fourth-order valence-electron chi connectivity index (χ4n) is 1.51. The van der Waals surface area contributed by atoms with E-state index in [1.165, 1.54) is 11.8 Å². The summed E-state index contributed by atoms with van der Waals surface area (Å²) in [7, 11) is 1.87. The number of aromatic nitrogens is 8. The highest BCUT2D eigenvalue weighted by atomic mass is 32.2. The van der Waals surface area contributed by atoms with E-state index in [9.17, 15) is 0 Å². The molecule has 3 N–H and O–H groups in total. The Morgan fingerprint density at radius 1 is 1.24 bits per heavy atom. The number of nitrogens with two attached hydrogens (primary N) is 1. The van der Waals surface area contributed by atoms with Crippen molar-refractivity contribution in [2.24, 2.45) is 12.9 Å². The van der Waals surface area contributed by atoms with Crippen LogP contribution >= 0.6 is 11.8 Å². The molecule has 3 rings (SSSR count). The van der Waals surface area contributed by atoms with Crippen molar-refractivity contribution in [2.45, 2.75) is 17.2 Å². The fourth-order valence-corrected chi connectivity index (χ4v) is 2.28. The van der Waals surface area contributed by atoms with E-state index in [0.29, 0.717) is 16.3 Å². The number of nitrogens with one attached hydrogen (secondary N) is 1. The van der Waals surface area contributed by atoms with E-state index < -0.39 is 0 Å². The number of nitrogens with zero attached hydrogens (tertiary/aromatic N) is 8. The molecule has 0 atom stereocenters. The molecule has 3 heterocycles. The van der Waals surface area contributed by atoms with Gasteiger partial charge in [0.15, 0.2) is 5.16 Å². The first-order valence-electron chi connectivity index (χ1n) is 5.92. The fraction of sp³-hybridized carbons (Fsp3) is 0.200. The first kappa shape index (κ1) is 13.5. The maximum absolute atomic E-state index is 5.40. The van der Waals surface area contributed by atoms with Crippen LogP contribution in [-0.2, 0) is 7.05 Å². The van der Waals surface area contributed by atoms with Crippen LogP contribution in [0.4, 0.5) is 5.95 Å². The third-order valence-corrected chi connectivity index (χ3v) is 3.61. The van der Waals surface area contributed by atoms with Gasteiger partial charge in [-0.15, -0.1) is 10.2 Å². The number of rotatable bonds is 4. The number of hydrogen-bond acceptors (Lipinski definition) is 9. The zero-order chi connectivity index (χ0) is 14.8. The summed E-state index contributed by atoms with van der Waals surface area (Å²) in [4.78, 5) is 16.7. The van der Waals surface area contributed by atoms with E-state index in [4.69, 9.17) is 5.84 Å². The van der Waals surface area contributed by atoms with E-state index in [0.717, 1.165) is 5.82 Å². The maximum atomic E-state index is 5.40. The number of imidazole rings is 1. The van der Waals surface area contributed by atoms with Gasteiger partial charge >= 0.3 is 0 Å². The van der Waals surface area contributed by atoms with Crippen LogP contribution in [0.3, 0.4) is 0 Å². The summed E-state index contributed by atoms with van der Waals surface area (Å²) in [5.74, 6) is 6.88. The van der Waals surface area contributed by atoms with Crippen molar-refractivity contribution in [2.75, 3.05) is 5.43 Å². The molecule has 0 aromatic carbocycles. The Balaban J connectivity index is 1.98. The van der Waals surface area contributed by atoms with Gasteiger partial charge in [0, 0.05) is 19.4 Å². The summed E-state index contributed by atoms with van der Waals surface area (Å²) < 4.78 is 3.51. The Labute approximate surface area is 123 Å². The van der Waals surface area contributed by atoms with Crippen molar-refractivity contribution >= 4 is 17.7 Å². The first-order chi connectivity index (χ1) is 10.2. The summed E-state index contributed by atoms with van der Waals surface area (Å²) in [6, 6.07) is 0. The summed E-state index contributed by atoms with van der Waals surface area (Å²) in [6.45, 7) is 1.87. The molecule has 11 heteroatoms. The molecule has 0 aliphatic rings. The molecular formula is C10H12N10S. The van der Waals surface area contributed by atoms with Crippen molar-refractivity contribution < 1.29 is 0 Å². The van der Waals surface area contributed by atoms with Crippen LogP contribution < -0.4 is 11.3 Å². The molecule has 0 radical (unpaired) electrons. The van der Waals surface area contributed by atoms with Crippen molar-refractivity contribution in [3.63, 3.8) is 0 Å². The van der Waals surface area contributed by atoms with Crippen molar-refractivity contribution in [1.82, 2.24) is 39.3 Å². The number of anilines is 1. The zero-order valence-electron chi connectivity index (χ0n) is 11.3. The van der Waals surface area contributed by atoms with Crippen molar-refractivity contribution in [1.29, 1.82) is 0 Å². The Kier molecular flexibility index (Phi) is 3.50. The lowest BCUT2D eigenvalue weighted by Crippen LogP contribution is -2.14. The van der Waals surface area contributed by atoms with Crippen LogP contribution in [0.2, 0.25) is 0 Å². The largest absolute Gasteiger partial charge is 0.309 e. The quantitative estimate of drug-likeness (QED) is 0.503. The number of nitrogen functional groups attached to an aromatic ring is 1. The molecule has 0 bridgehead atoms. The van der Waals surface area contributed by atoms with E-state index in [2.05, 4.69) is 35.6 Å². The highest BCUT2D eigenvalue weighted by molar-refractivity contribution is 7.99. The molecule has 0 unspecified atom stereocenters. The molecular weight excluding hydrogens is 292 g/mol. The summed E-state index contributed by atoms with van der Waals surface area (Å²) in [5, 5.41) is 9.19. The van der Waals surface area contributed by atoms with Gasteiger partial charge in [0.1, 0.15) is 12.2 Å². The highest BCUT2D eigenvalue weighted by Crippen LogP contribution is 2.23. The summed E-state index contributed by atoms with van der Waals surface area (Å²) in [6.07, 6.45) is 4.96. The average Bonchev–Trinajstić information content (AvgIpc) is 3.13. The minimum absolute atomic E-state index is 0.259. The molecule has 0 saturated carbocycles. The molecule has 21 heavy (non-hydrogen) atoms. The normalized spacial score (nSPS) is 10.8.